The van der Waals surface area contributed by atoms with E-state index in [0.29, 0.717) is 5.25 Å². The molecule has 0 amide bonds. The first kappa shape index (κ1) is 14.5. The van der Waals surface area contributed by atoms with Crippen LogP contribution in [0.25, 0.3) is 0 Å². The van der Waals surface area contributed by atoms with E-state index in [1.165, 1.54) is 0 Å². The Morgan fingerprint density at radius 2 is 2.41 bits per heavy atom. The zero-order valence-corrected chi connectivity index (χ0v) is 11.7. The van der Waals surface area contributed by atoms with E-state index in [2.05, 4.69) is 22.4 Å². The summed E-state index contributed by atoms with van der Waals surface area (Å²) in [6.07, 6.45) is 2.79. The summed E-state index contributed by atoms with van der Waals surface area (Å²) in [4.78, 5) is 0. The number of ether oxygens (including phenoxy) is 1. The molecule has 6 heteroatoms. The number of thioether (sulfide) groups is 1. The zero-order valence-electron chi connectivity index (χ0n) is 10.8. The molecule has 98 valence electrons. The van der Waals surface area contributed by atoms with Crippen molar-refractivity contribution in [3.63, 3.8) is 0 Å². The molecule has 0 aromatic carbocycles. The molecule has 0 saturated heterocycles. The predicted octanol–water partition coefficient (Wildman–Crippen LogP) is 1.31. The normalized spacial score (nSPS) is 12.9. The molecular weight excluding hydrogens is 236 g/mol. The molecule has 1 atom stereocenters. The first-order chi connectivity index (χ1) is 8.24. The fraction of sp³-hybridized carbons (Fsp3) is 0.818. The lowest BCUT2D eigenvalue weighted by Crippen LogP contribution is -2.24. The van der Waals surface area contributed by atoms with Crippen molar-refractivity contribution in [1.29, 1.82) is 0 Å². The van der Waals surface area contributed by atoms with Crippen LogP contribution >= 0.6 is 11.8 Å². The van der Waals surface area contributed by atoms with Gasteiger partial charge in [-0.1, -0.05) is 18.7 Å². The molecule has 1 unspecified atom stereocenters. The van der Waals surface area contributed by atoms with E-state index in [4.69, 9.17) is 4.74 Å². The van der Waals surface area contributed by atoms with Gasteiger partial charge in [-0.25, -0.2) is 0 Å². The third kappa shape index (κ3) is 6.05. The van der Waals surface area contributed by atoms with Gasteiger partial charge in [0.05, 0.1) is 0 Å². The van der Waals surface area contributed by atoms with Gasteiger partial charge in [-0.15, -0.1) is 10.2 Å². The minimum atomic E-state index is 0.491. The van der Waals surface area contributed by atoms with Gasteiger partial charge >= 0.3 is 0 Å². The first-order valence-corrected chi connectivity index (χ1v) is 6.91. The standard InChI is InChI=1S/C11H22N4OS/c1-4-16-7-5-6-12-8-10(2)17-11-14-13-9-15(11)3/h9-10,12H,4-8H2,1-3H3. The monoisotopic (exact) mass is 258 g/mol. The van der Waals surface area contributed by atoms with Crippen LogP contribution in [-0.2, 0) is 11.8 Å². The van der Waals surface area contributed by atoms with Crippen LogP contribution < -0.4 is 5.32 Å². The SMILES string of the molecule is CCOCCCNCC(C)Sc1nncn1C. The smallest absolute Gasteiger partial charge is 0.191 e. The Morgan fingerprint density at radius 3 is 3.06 bits per heavy atom. The summed E-state index contributed by atoms with van der Waals surface area (Å²) in [6, 6.07) is 0. The van der Waals surface area contributed by atoms with E-state index in [0.717, 1.165) is 37.9 Å². The van der Waals surface area contributed by atoms with E-state index in [-0.39, 0.29) is 0 Å². The van der Waals surface area contributed by atoms with Gasteiger partial charge in [0.2, 0.25) is 0 Å². The third-order valence-corrected chi connectivity index (χ3v) is 3.40. The Bertz CT molecular complexity index is 305. The summed E-state index contributed by atoms with van der Waals surface area (Å²) in [6.45, 7) is 7.84. The highest BCUT2D eigenvalue weighted by atomic mass is 32.2. The fourth-order valence-electron chi connectivity index (χ4n) is 1.35. The van der Waals surface area contributed by atoms with E-state index in [9.17, 15) is 0 Å². The lowest BCUT2D eigenvalue weighted by atomic mass is 10.4. The molecule has 0 spiro atoms. The number of hydrogen-bond acceptors (Lipinski definition) is 5. The fourth-order valence-corrected chi connectivity index (χ4v) is 2.22. The van der Waals surface area contributed by atoms with Gasteiger partial charge in [-0.05, 0) is 19.9 Å². The predicted molar refractivity (Wildman–Crippen MR) is 70.3 cm³/mol. The molecule has 0 bridgehead atoms. The van der Waals surface area contributed by atoms with Gasteiger partial charge < -0.3 is 14.6 Å². The highest BCUT2D eigenvalue weighted by Gasteiger charge is 2.08. The minimum absolute atomic E-state index is 0.491. The number of nitrogens with one attached hydrogen (secondary N) is 1. The van der Waals surface area contributed by atoms with Gasteiger partial charge in [-0.2, -0.15) is 0 Å². The van der Waals surface area contributed by atoms with Crippen LogP contribution in [0.2, 0.25) is 0 Å². The van der Waals surface area contributed by atoms with Crippen LogP contribution in [0.15, 0.2) is 11.5 Å². The molecule has 17 heavy (non-hydrogen) atoms. The van der Waals surface area contributed by atoms with Crippen molar-refractivity contribution in [2.75, 3.05) is 26.3 Å². The van der Waals surface area contributed by atoms with Crippen molar-refractivity contribution >= 4 is 11.8 Å². The number of nitrogens with zero attached hydrogens (tertiary/aromatic N) is 3. The van der Waals surface area contributed by atoms with Crippen molar-refractivity contribution in [3.8, 4) is 0 Å². The van der Waals surface area contributed by atoms with Crippen LogP contribution in [0.3, 0.4) is 0 Å². The van der Waals surface area contributed by atoms with Gasteiger partial charge in [0.15, 0.2) is 5.16 Å². The molecule has 0 saturated carbocycles. The zero-order chi connectivity index (χ0) is 12.5. The van der Waals surface area contributed by atoms with E-state index in [1.807, 2.05) is 18.5 Å². The van der Waals surface area contributed by atoms with Crippen molar-refractivity contribution in [1.82, 2.24) is 20.1 Å². The van der Waals surface area contributed by atoms with Crippen LogP contribution in [-0.4, -0.2) is 46.3 Å². The van der Waals surface area contributed by atoms with Gasteiger partial charge in [0, 0.05) is 32.1 Å². The summed E-state index contributed by atoms with van der Waals surface area (Å²) >= 11 is 1.74. The maximum absolute atomic E-state index is 5.27. The quantitative estimate of drug-likeness (QED) is 0.535. The summed E-state index contributed by atoms with van der Waals surface area (Å²) in [5.74, 6) is 0. The molecule has 0 fully saturated rings. The molecule has 0 aliphatic heterocycles. The highest BCUT2D eigenvalue weighted by molar-refractivity contribution is 7.99. The first-order valence-electron chi connectivity index (χ1n) is 6.03. The van der Waals surface area contributed by atoms with Crippen LogP contribution in [0.1, 0.15) is 20.3 Å². The Balaban J connectivity index is 2.05. The molecule has 1 N–H and O–H groups in total. The summed E-state index contributed by atoms with van der Waals surface area (Å²) < 4.78 is 7.22. The van der Waals surface area contributed by atoms with E-state index < -0.39 is 0 Å². The number of rotatable bonds is 9. The van der Waals surface area contributed by atoms with E-state index >= 15 is 0 Å². The van der Waals surface area contributed by atoms with Crippen molar-refractivity contribution in [2.45, 2.75) is 30.7 Å². The maximum atomic E-state index is 5.27. The topological polar surface area (TPSA) is 52.0 Å². The highest BCUT2D eigenvalue weighted by Crippen LogP contribution is 2.18. The lowest BCUT2D eigenvalue weighted by molar-refractivity contribution is 0.145. The Kier molecular flexibility index (Phi) is 7.23. The second-order valence-corrected chi connectivity index (χ2v) is 5.31. The minimum Gasteiger partial charge on any atom is -0.382 e. The second kappa shape index (κ2) is 8.49. The molecule has 0 aliphatic carbocycles. The van der Waals surface area contributed by atoms with Gasteiger partial charge in [0.25, 0.3) is 0 Å². The van der Waals surface area contributed by atoms with Gasteiger partial charge in [-0.3, -0.25) is 0 Å². The number of hydrogen-bond donors (Lipinski definition) is 1. The Hall–Kier alpha value is -0.590. The molecule has 0 aliphatic rings. The second-order valence-electron chi connectivity index (χ2n) is 3.91. The van der Waals surface area contributed by atoms with Crippen LogP contribution in [0, 0.1) is 0 Å². The van der Waals surface area contributed by atoms with Crippen molar-refractivity contribution < 1.29 is 4.74 Å². The number of aromatic nitrogens is 3. The summed E-state index contributed by atoms with van der Waals surface area (Å²) in [5, 5.41) is 12.8. The molecule has 1 heterocycles. The van der Waals surface area contributed by atoms with Gasteiger partial charge in [0.1, 0.15) is 6.33 Å². The average molecular weight is 258 g/mol. The largest absolute Gasteiger partial charge is 0.382 e. The molecular formula is C11H22N4OS. The summed E-state index contributed by atoms with van der Waals surface area (Å²) in [7, 11) is 1.96. The molecule has 0 radical (unpaired) electrons. The number of aryl methyl sites for hydroxylation is 1. The van der Waals surface area contributed by atoms with Crippen molar-refractivity contribution in [3.05, 3.63) is 6.33 Å². The summed E-state index contributed by atoms with van der Waals surface area (Å²) in [5.41, 5.74) is 0. The third-order valence-electron chi connectivity index (χ3n) is 2.25. The average Bonchev–Trinajstić information content (AvgIpc) is 2.69. The van der Waals surface area contributed by atoms with Crippen LogP contribution in [0.4, 0.5) is 0 Å². The molecule has 1 aromatic rings. The Labute approximate surface area is 107 Å². The van der Waals surface area contributed by atoms with Crippen molar-refractivity contribution in [2.24, 2.45) is 7.05 Å². The van der Waals surface area contributed by atoms with E-state index in [1.54, 1.807) is 18.1 Å². The molecule has 1 rings (SSSR count). The maximum Gasteiger partial charge on any atom is 0.191 e. The van der Waals surface area contributed by atoms with Crippen LogP contribution in [0.5, 0.6) is 0 Å². The molecule has 1 aromatic heterocycles. The Morgan fingerprint density at radius 1 is 1.59 bits per heavy atom. The molecule has 5 nitrogen and oxygen atoms in total. The lowest BCUT2D eigenvalue weighted by Gasteiger charge is -2.11.